The number of pyridine rings is 1. The van der Waals surface area contributed by atoms with Crippen LogP contribution in [0.25, 0.3) is 5.57 Å². The molecule has 1 aromatic heterocycles. The van der Waals surface area contributed by atoms with Crippen LogP contribution in [0.5, 0.6) is 5.75 Å². The summed E-state index contributed by atoms with van der Waals surface area (Å²) in [4.78, 5) is 18.8. The highest BCUT2D eigenvalue weighted by Crippen LogP contribution is 2.38. The smallest absolute Gasteiger partial charge is 0.411 e. The molecule has 3 rings (SSSR count). The first kappa shape index (κ1) is 16.8. The van der Waals surface area contributed by atoms with Gasteiger partial charge >= 0.3 is 6.09 Å². The van der Waals surface area contributed by atoms with Crippen molar-refractivity contribution in [1.82, 2.24) is 9.88 Å². The zero-order valence-corrected chi connectivity index (χ0v) is 14.9. The van der Waals surface area contributed by atoms with Crippen LogP contribution in [0, 0.1) is 0 Å². The Bertz CT molecular complexity index is 648. The minimum absolute atomic E-state index is 0.105. The Balaban J connectivity index is 1.85. The maximum Gasteiger partial charge on any atom is 0.411 e. The molecule has 2 unspecified atom stereocenters. The lowest BCUT2D eigenvalue weighted by Gasteiger charge is -2.45. The van der Waals surface area contributed by atoms with E-state index in [0.717, 1.165) is 37.0 Å². The van der Waals surface area contributed by atoms with Gasteiger partial charge < -0.3 is 9.47 Å². The Morgan fingerprint density at radius 1 is 1.29 bits per heavy atom. The maximum absolute atomic E-state index is 12.6. The van der Waals surface area contributed by atoms with Crippen LogP contribution >= 0.6 is 0 Å². The minimum Gasteiger partial charge on any atom is -0.495 e. The molecule has 2 aliphatic rings. The standard InChI is InChI=1S/C19H26N2O3/c1-19(2,3)24-18(22)21-15-6-5-7-16(21)9-13(8-15)14-10-17(23-4)12-20-11-14/h8,10-12,15-16H,5-7,9H2,1-4H3. The molecule has 5 heteroatoms. The van der Waals surface area contributed by atoms with Crippen molar-refractivity contribution in [2.75, 3.05) is 7.11 Å². The molecule has 3 heterocycles. The van der Waals surface area contributed by atoms with Gasteiger partial charge in [-0.3, -0.25) is 9.88 Å². The molecule has 0 N–H and O–H groups in total. The fourth-order valence-corrected chi connectivity index (χ4v) is 3.55. The van der Waals surface area contributed by atoms with Crippen molar-refractivity contribution in [3.05, 3.63) is 30.1 Å². The topological polar surface area (TPSA) is 51.7 Å². The summed E-state index contributed by atoms with van der Waals surface area (Å²) in [5.41, 5.74) is 1.86. The van der Waals surface area contributed by atoms with Crippen LogP contribution in [0.3, 0.4) is 0 Å². The second-order valence-corrected chi connectivity index (χ2v) is 7.55. The number of amides is 1. The zero-order chi connectivity index (χ0) is 17.3. The molecule has 2 aliphatic heterocycles. The van der Waals surface area contributed by atoms with Crippen LogP contribution in [0.15, 0.2) is 24.5 Å². The lowest BCUT2D eigenvalue weighted by molar-refractivity contribution is 0.0000829. The highest BCUT2D eigenvalue weighted by Gasteiger charge is 2.39. The van der Waals surface area contributed by atoms with Gasteiger partial charge in [-0.15, -0.1) is 0 Å². The van der Waals surface area contributed by atoms with Crippen LogP contribution in [0.1, 0.15) is 52.0 Å². The molecule has 0 radical (unpaired) electrons. The number of rotatable bonds is 2. The Kier molecular flexibility index (Phi) is 4.52. The van der Waals surface area contributed by atoms with Crippen molar-refractivity contribution in [2.45, 2.75) is 64.1 Å². The zero-order valence-electron chi connectivity index (χ0n) is 14.9. The Labute approximate surface area is 143 Å². The van der Waals surface area contributed by atoms with E-state index in [0.29, 0.717) is 0 Å². The van der Waals surface area contributed by atoms with Gasteiger partial charge in [-0.25, -0.2) is 4.79 Å². The molecule has 1 amide bonds. The third-order valence-corrected chi connectivity index (χ3v) is 4.56. The van der Waals surface area contributed by atoms with E-state index in [-0.39, 0.29) is 18.2 Å². The lowest BCUT2D eigenvalue weighted by Crippen LogP contribution is -2.53. The third-order valence-electron chi connectivity index (χ3n) is 4.56. The van der Waals surface area contributed by atoms with Crippen LogP contribution in [0.2, 0.25) is 0 Å². The van der Waals surface area contributed by atoms with Gasteiger partial charge in [-0.1, -0.05) is 6.08 Å². The Hall–Kier alpha value is -2.04. The summed E-state index contributed by atoms with van der Waals surface area (Å²) in [6, 6.07) is 2.32. The monoisotopic (exact) mass is 330 g/mol. The lowest BCUT2D eigenvalue weighted by atomic mass is 9.83. The molecule has 1 saturated heterocycles. The molecule has 24 heavy (non-hydrogen) atoms. The third kappa shape index (κ3) is 3.55. The van der Waals surface area contributed by atoms with Crippen LogP contribution in [-0.4, -0.2) is 40.8 Å². The van der Waals surface area contributed by atoms with E-state index in [1.54, 1.807) is 13.3 Å². The van der Waals surface area contributed by atoms with Gasteiger partial charge in [-0.2, -0.15) is 0 Å². The molecular formula is C19H26N2O3. The summed E-state index contributed by atoms with van der Waals surface area (Å²) in [6.45, 7) is 5.73. The van der Waals surface area contributed by atoms with Crippen LogP contribution in [0.4, 0.5) is 4.79 Å². The normalized spacial score (nSPS) is 23.5. The highest BCUT2D eigenvalue weighted by atomic mass is 16.6. The van der Waals surface area contributed by atoms with E-state index in [1.807, 2.05) is 37.9 Å². The predicted molar refractivity (Wildman–Crippen MR) is 92.9 cm³/mol. The average molecular weight is 330 g/mol. The van der Waals surface area contributed by atoms with Crippen LogP contribution < -0.4 is 4.74 Å². The summed E-state index contributed by atoms with van der Waals surface area (Å²) < 4.78 is 10.9. The number of carbonyl (C=O) groups is 1. The first-order valence-electron chi connectivity index (χ1n) is 8.59. The molecule has 130 valence electrons. The Morgan fingerprint density at radius 2 is 2.08 bits per heavy atom. The second kappa shape index (κ2) is 6.46. The summed E-state index contributed by atoms with van der Waals surface area (Å²) in [7, 11) is 1.65. The van der Waals surface area contributed by atoms with Crippen molar-refractivity contribution >= 4 is 11.7 Å². The van der Waals surface area contributed by atoms with Crippen molar-refractivity contribution in [3.63, 3.8) is 0 Å². The number of methoxy groups -OCH3 is 1. The van der Waals surface area contributed by atoms with Gasteiger partial charge in [0.1, 0.15) is 11.4 Å². The summed E-state index contributed by atoms with van der Waals surface area (Å²) >= 11 is 0. The van der Waals surface area contributed by atoms with Crippen molar-refractivity contribution in [3.8, 4) is 5.75 Å². The number of fused-ring (bicyclic) bond motifs is 2. The van der Waals surface area contributed by atoms with Gasteiger partial charge in [0.2, 0.25) is 0 Å². The Morgan fingerprint density at radius 3 is 2.75 bits per heavy atom. The van der Waals surface area contributed by atoms with Crippen molar-refractivity contribution < 1.29 is 14.3 Å². The minimum atomic E-state index is -0.466. The quantitative estimate of drug-likeness (QED) is 0.821. The molecule has 1 aromatic rings. The molecule has 5 nitrogen and oxygen atoms in total. The van der Waals surface area contributed by atoms with Crippen molar-refractivity contribution in [1.29, 1.82) is 0 Å². The van der Waals surface area contributed by atoms with E-state index in [4.69, 9.17) is 9.47 Å². The largest absolute Gasteiger partial charge is 0.495 e. The maximum atomic E-state index is 12.6. The van der Waals surface area contributed by atoms with Gasteiger partial charge in [0.15, 0.2) is 0 Å². The number of carbonyl (C=O) groups excluding carboxylic acids is 1. The molecule has 1 fully saturated rings. The number of aromatic nitrogens is 1. The van der Waals surface area contributed by atoms with E-state index in [2.05, 4.69) is 11.1 Å². The second-order valence-electron chi connectivity index (χ2n) is 7.55. The molecule has 0 saturated carbocycles. The molecular weight excluding hydrogens is 304 g/mol. The molecule has 0 aromatic carbocycles. The SMILES string of the molecule is COc1cncc(C2=CC3CCCC(C2)N3C(=O)OC(C)(C)C)c1. The fraction of sp³-hybridized carbons (Fsp3) is 0.579. The number of hydrogen-bond donors (Lipinski definition) is 0. The fourth-order valence-electron chi connectivity index (χ4n) is 3.55. The number of nitrogens with zero attached hydrogens (tertiary/aromatic N) is 2. The van der Waals surface area contributed by atoms with Gasteiger partial charge in [0.05, 0.1) is 19.3 Å². The van der Waals surface area contributed by atoms with Gasteiger partial charge in [0.25, 0.3) is 0 Å². The first-order chi connectivity index (χ1) is 11.4. The van der Waals surface area contributed by atoms with Crippen molar-refractivity contribution in [2.24, 2.45) is 0 Å². The molecule has 0 spiro atoms. The average Bonchev–Trinajstić information content (AvgIpc) is 2.52. The number of hydrogen-bond acceptors (Lipinski definition) is 4. The van der Waals surface area contributed by atoms with E-state index in [1.165, 1.54) is 5.57 Å². The summed E-state index contributed by atoms with van der Waals surface area (Å²) in [5, 5.41) is 0. The molecule has 0 aliphatic carbocycles. The van der Waals surface area contributed by atoms with E-state index in [9.17, 15) is 4.79 Å². The summed E-state index contributed by atoms with van der Waals surface area (Å²) in [6.07, 6.45) is 9.57. The number of ether oxygens (including phenoxy) is 2. The van der Waals surface area contributed by atoms with Gasteiger partial charge in [-0.05, 0) is 63.7 Å². The highest BCUT2D eigenvalue weighted by molar-refractivity contribution is 5.74. The molecule has 2 bridgehead atoms. The number of piperidine rings is 1. The predicted octanol–water partition coefficient (Wildman–Crippen LogP) is 4.04. The van der Waals surface area contributed by atoms with Crippen LogP contribution in [-0.2, 0) is 4.74 Å². The summed E-state index contributed by atoms with van der Waals surface area (Å²) in [5.74, 6) is 0.758. The van der Waals surface area contributed by atoms with E-state index >= 15 is 0 Å². The first-order valence-corrected chi connectivity index (χ1v) is 8.59. The molecule has 2 atom stereocenters. The van der Waals surface area contributed by atoms with Gasteiger partial charge in [0, 0.05) is 12.2 Å². The van der Waals surface area contributed by atoms with E-state index < -0.39 is 5.60 Å².